The molecule has 0 aromatic heterocycles. The average Bonchev–Trinajstić information content (AvgIpc) is 2.81. The van der Waals surface area contributed by atoms with Gasteiger partial charge in [-0.2, -0.15) is 0 Å². The number of benzene rings is 1. The minimum Gasteiger partial charge on any atom is -0.487 e. The van der Waals surface area contributed by atoms with E-state index in [9.17, 15) is 0 Å². The zero-order chi connectivity index (χ0) is 14.5. The lowest BCUT2D eigenvalue weighted by molar-refractivity contribution is 0.126. The molecular formula is C18H27NOS. The summed E-state index contributed by atoms with van der Waals surface area (Å²) >= 11 is 1.96. The van der Waals surface area contributed by atoms with Crippen LogP contribution in [-0.2, 0) is 0 Å². The van der Waals surface area contributed by atoms with E-state index >= 15 is 0 Å². The third kappa shape index (κ3) is 3.75. The van der Waals surface area contributed by atoms with Crippen LogP contribution in [0.1, 0.15) is 45.4 Å². The molecule has 116 valence electrons. The number of hydrogen-bond acceptors (Lipinski definition) is 3. The molecule has 1 aliphatic carbocycles. The van der Waals surface area contributed by atoms with Gasteiger partial charge in [0.15, 0.2) is 0 Å². The van der Waals surface area contributed by atoms with Gasteiger partial charge in [0, 0.05) is 16.7 Å². The number of fused-ring (bicyclic) bond motifs is 1. The van der Waals surface area contributed by atoms with Gasteiger partial charge in [0.05, 0.1) is 0 Å². The normalized spacial score (nSPS) is 24.7. The van der Waals surface area contributed by atoms with E-state index in [4.69, 9.17) is 4.74 Å². The van der Waals surface area contributed by atoms with Crippen molar-refractivity contribution in [3.8, 4) is 5.75 Å². The highest BCUT2D eigenvalue weighted by atomic mass is 32.2. The molecule has 3 heteroatoms. The molecule has 2 atom stereocenters. The van der Waals surface area contributed by atoms with E-state index in [-0.39, 0.29) is 0 Å². The minimum absolute atomic E-state index is 0.313. The molecule has 3 rings (SSSR count). The van der Waals surface area contributed by atoms with E-state index in [1.54, 1.807) is 0 Å². The minimum atomic E-state index is 0.313. The maximum absolute atomic E-state index is 6.36. The lowest BCUT2D eigenvalue weighted by Crippen LogP contribution is -2.50. The fourth-order valence-corrected chi connectivity index (χ4v) is 4.77. The van der Waals surface area contributed by atoms with Gasteiger partial charge >= 0.3 is 0 Å². The van der Waals surface area contributed by atoms with E-state index < -0.39 is 0 Å². The Balaban J connectivity index is 1.72. The summed E-state index contributed by atoms with van der Waals surface area (Å²) in [6.45, 7) is 3.25. The van der Waals surface area contributed by atoms with E-state index in [2.05, 4.69) is 36.5 Å². The van der Waals surface area contributed by atoms with Crippen LogP contribution in [0.4, 0.5) is 0 Å². The predicted molar refractivity (Wildman–Crippen MR) is 90.2 cm³/mol. The molecule has 1 aromatic carbocycles. The summed E-state index contributed by atoms with van der Waals surface area (Å²) in [5.41, 5.74) is 0. The quantitative estimate of drug-likeness (QED) is 0.828. The molecule has 2 nitrogen and oxygen atoms in total. The highest BCUT2D eigenvalue weighted by molar-refractivity contribution is 7.99. The number of nitrogens with one attached hydrogen (secondary N) is 1. The third-order valence-corrected chi connectivity index (χ3v) is 5.92. The number of likely N-dealkylation sites (N-methyl/N-ethyl adjacent to an activating group) is 1. The van der Waals surface area contributed by atoms with Crippen molar-refractivity contribution >= 4 is 11.8 Å². The van der Waals surface area contributed by atoms with Crippen molar-refractivity contribution in [2.24, 2.45) is 5.92 Å². The molecule has 0 saturated heterocycles. The lowest BCUT2D eigenvalue weighted by atomic mass is 9.88. The van der Waals surface area contributed by atoms with Crippen LogP contribution in [-0.4, -0.2) is 24.4 Å². The van der Waals surface area contributed by atoms with Crippen molar-refractivity contribution in [2.75, 3.05) is 12.3 Å². The summed E-state index contributed by atoms with van der Waals surface area (Å²) in [6, 6.07) is 8.97. The fourth-order valence-electron chi connectivity index (χ4n) is 3.72. The second-order valence-corrected chi connectivity index (χ2v) is 7.31. The monoisotopic (exact) mass is 305 g/mol. The summed E-state index contributed by atoms with van der Waals surface area (Å²) in [5.74, 6) is 2.93. The van der Waals surface area contributed by atoms with Gasteiger partial charge in [-0.05, 0) is 37.4 Å². The van der Waals surface area contributed by atoms with Crippen LogP contribution in [0.2, 0.25) is 0 Å². The van der Waals surface area contributed by atoms with Crippen molar-refractivity contribution in [3.05, 3.63) is 24.3 Å². The van der Waals surface area contributed by atoms with Crippen LogP contribution in [0.5, 0.6) is 5.75 Å². The van der Waals surface area contributed by atoms with Crippen LogP contribution < -0.4 is 10.1 Å². The molecular weight excluding hydrogens is 278 g/mol. The van der Waals surface area contributed by atoms with E-state index in [0.717, 1.165) is 24.0 Å². The Kier molecular flexibility index (Phi) is 5.48. The van der Waals surface area contributed by atoms with Gasteiger partial charge in [-0.25, -0.2) is 0 Å². The summed E-state index contributed by atoms with van der Waals surface area (Å²) in [7, 11) is 0. The van der Waals surface area contributed by atoms with Gasteiger partial charge in [-0.3, -0.25) is 0 Å². The number of thioether (sulfide) groups is 1. The molecule has 1 N–H and O–H groups in total. The number of hydrogen-bond donors (Lipinski definition) is 1. The number of ether oxygens (including phenoxy) is 1. The van der Waals surface area contributed by atoms with Crippen molar-refractivity contribution < 1.29 is 4.74 Å². The molecule has 2 unspecified atom stereocenters. The molecule has 0 radical (unpaired) electrons. The van der Waals surface area contributed by atoms with Crippen LogP contribution in [0, 0.1) is 5.92 Å². The maximum atomic E-state index is 6.36. The summed E-state index contributed by atoms with van der Waals surface area (Å²) in [4.78, 5) is 1.30. The van der Waals surface area contributed by atoms with E-state index in [1.807, 2.05) is 11.8 Å². The molecule has 0 spiro atoms. The van der Waals surface area contributed by atoms with Crippen molar-refractivity contribution in [1.29, 1.82) is 0 Å². The van der Waals surface area contributed by atoms with Gasteiger partial charge in [-0.1, -0.05) is 44.7 Å². The zero-order valence-electron chi connectivity index (χ0n) is 13.0. The molecule has 1 aliphatic heterocycles. The fraction of sp³-hybridized carbons (Fsp3) is 0.667. The molecule has 1 aromatic rings. The average molecular weight is 305 g/mol. The first-order chi connectivity index (χ1) is 10.4. The Labute approximate surface area is 133 Å². The van der Waals surface area contributed by atoms with Gasteiger partial charge in [0.1, 0.15) is 11.9 Å². The summed E-state index contributed by atoms with van der Waals surface area (Å²) in [6.07, 6.45) is 8.66. The van der Waals surface area contributed by atoms with Crippen LogP contribution in [0.15, 0.2) is 29.2 Å². The van der Waals surface area contributed by atoms with Crippen LogP contribution in [0.25, 0.3) is 0 Å². The third-order valence-electron chi connectivity index (χ3n) is 4.78. The summed E-state index contributed by atoms with van der Waals surface area (Å²) < 4.78 is 6.36. The Morgan fingerprint density at radius 2 is 1.95 bits per heavy atom. The lowest BCUT2D eigenvalue weighted by Gasteiger charge is -2.36. The second kappa shape index (κ2) is 7.55. The zero-order valence-corrected chi connectivity index (χ0v) is 13.8. The van der Waals surface area contributed by atoms with Gasteiger partial charge in [0.25, 0.3) is 0 Å². The Morgan fingerprint density at radius 3 is 2.71 bits per heavy atom. The second-order valence-electron chi connectivity index (χ2n) is 6.25. The first-order valence-corrected chi connectivity index (χ1v) is 9.49. The van der Waals surface area contributed by atoms with Gasteiger partial charge in [0.2, 0.25) is 0 Å². The Morgan fingerprint density at radius 1 is 1.19 bits per heavy atom. The van der Waals surface area contributed by atoms with Crippen molar-refractivity contribution in [2.45, 2.75) is 62.5 Å². The van der Waals surface area contributed by atoms with Crippen molar-refractivity contribution in [3.63, 3.8) is 0 Å². The SMILES string of the molecule is CCNC(C1CCCCCC1)C1CSc2ccccc2O1. The molecule has 2 aliphatic rings. The van der Waals surface area contributed by atoms with Gasteiger partial charge < -0.3 is 10.1 Å². The number of rotatable bonds is 4. The molecule has 0 amide bonds. The maximum Gasteiger partial charge on any atom is 0.133 e. The Hall–Kier alpha value is -0.670. The largest absolute Gasteiger partial charge is 0.487 e. The smallest absolute Gasteiger partial charge is 0.133 e. The van der Waals surface area contributed by atoms with Gasteiger partial charge in [-0.15, -0.1) is 11.8 Å². The molecule has 1 saturated carbocycles. The van der Waals surface area contributed by atoms with Crippen molar-refractivity contribution in [1.82, 2.24) is 5.32 Å². The Bertz CT molecular complexity index is 443. The molecule has 1 fully saturated rings. The van der Waals surface area contributed by atoms with Crippen LogP contribution >= 0.6 is 11.8 Å². The molecule has 21 heavy (non-hydrogen) atoms. The highest BCUT2D eigenvalue weighted by Crippen LogP contribution is 2.38. The number of para-hydroxylation sites is 1. The standard InChI is InChI=1S/C18H27NOS/c1-2-19-18(14-9-5-3-4-6-10-14)16-13-21-17-12-8-7-11-15(17)20-16/h7-8,11-12,14,16,18-19H,2-6,9-10,13H2,1H3. The van der Waals surface area contributed by atoms with E-state index in [0.29, 0.717) is 12.1 Å². The van der Waals surface area contributed by atoms with Crippen LogP contribution in [0.3, 0.4) is 0 Å². The predicted octanol–water partition coefficient (Wildman–Crippen LogP) is 4.49. The first-order valence-electron chi connectivity index (χ1n) is 8.50. The summed E-state index contributed by atoms with van der Waals surface area (Å²) in [5, 5.41) is 3.74. The molecule has 1 heterocycles. The topological polar surface area (TPSA) is 21.3 Å². The van der Waals surface area contributed by atoms with E-state index in [1.165, 1.54) is 43.4 Å². The highest BCUT2D eigenvalue weighted by Gasteiger charge is 2.33. The first kappa shape index (κ1) is 15.2. The molecule has 0 bridgehead atoms.